The number of nitrogens with zero attached hydrogens (tertiary/aromatic N) is 3. The highest BCUT2D eigenvalue weighted by molar-refractivity contribution is 5.78. The topological polar surface area (TPSA) is 26.8 Å². The van der Waals surface area contributed by atoms with E-state index in [1.54, 1.807) is 0 Å². The summed E-state index contributed by atoms with van der Waals surface area (Å²) in [7, 11) is 6.06. The molecule has 2 heterocycles. The molecule has 0 aliphatic carbocycles. The summed E-state index contributed by atoms with van der Waals surface area (Å²) in [4.78, 5) is 18.2. The van der Waals surface area contributed by atoms with Gasteiger partial charge in [-0.2, -0.15) is 0 Å². The molecule has 0 aromatic rings. The minimum absolute atomic E-state index is 0.289. The van der Waals surface area contributed by atoms with Gasteiger partial charge >= 0.3 is 0 Å². The zero-order valence-electron chi connectivity index (χ0n) is 9.94. The molecule has 2 rings (SSSR count). The van der Waals surface area contributed by atoms with Crippen molar-refractivity contribution in [2.45, 2.75) is 0 Å². The predicted octanol–water partition coefficient (Wildman–Crippen LogP) is -0.432. The second-order valence-electron chi connectivity index (χ2n) is 5.28. The van der Waals surface area contributed by atoms with E-state index < -0.39 is 0 Å². The first kappa shape index (κ1) is 10.9. The maximum absolute atomic E-state index is 11.8. The van der Waals surface area contributed by atoms with E-state index >= 15 is 0 Å². The Labute approximate surface area is 91.8 Å². The highest BCUT2D eigenvalue weighted by Crippen LogP contribution is 2.29. The third-order valence-electron chi connectivity index (χ3n) is 3.47. The van der Waals surface area contributed by atoms with Gasteiger partial charge in [0.05, 0.1) is 6.54 Å². The molecule has 0 spiro atoms. The van der Waals surface area contributed by atoms with Crippen LogP contribution in [0.3, 0.4) is 0 Å². The number of carbonyl (C=O) groups excluding carboxylic acids is 1. The van der Waals surface area contributed by atoms with Crippen LogP contribution < -0.4 is 0 Å². The van der Waals surface area contributed by atoms with Crippen molar-refractivity contribution in [3.63, 3.8) is 0 Å². The van der Waals surface area contributed by atoms with Gasteiger partial charge in [0, 0.05) is 26.2 Å². The van der Waals surface area contributed by atoms with Crippen LogP contribution in [-0.4, -0.2) is 74.5 Å². The van der Waals surface area contributed by atoms with E-state index in [1.807, 2.05) is 23.9 Å². The van der Waals surface area contributed by atoms with E-state index in [0.29, 0.717) is 6.54 Å². The van der Waals surface area contributed by atoms with Gasteiger partial charge in [-0.05, 0) is 33.0 Å². The van der Waals surface area contributed by atoms with Gasteiger partial charge in [-0.1, -0.05) is 0 Å². The Bertz CT molecular complexity index is 240. The lowest BCUT2D eigenvalue weighted by molar-refractivity contribution is -0.131. The average Bonchev–Trinajstić information content (AvgIpc) is 2.58. The number of rotatable bonds is 2. The van der Waals surface area contributed by atoms with Crippen LogP contribution in [0.25, 0.3) is 0 Å². The number of hydrogen-bond donors (Lipinski definition) is 0. The summed E-state index contributed by atoms with van der Waals surface area (Å²) in [5.74, 6) is 1.74. The van der Waals surface area contributed by atoms with E-state index in [9.17, 15) is 4.79 Å². The third-order valence-corrected chi connectivity index (χ3v) is 3.47. The van der Waals surface area contributed by atoms with Crippen molar-refractivity contribution in [3.8, 4) is 0 Å². The molecule has 0 aromatic heterocycles. The van der Waals surface area contributed by atoms with Crippen LogP contribution in [0.1, 0.15) is 0 Å². The average molecular weight is 211 g/mol. The number of hydrogen-bond acceptors (Lipinski definition) is 3. The van der Waals surface area contributed by atoms with E-state index in [2.05, 4.69) is 11.9 Å². The molecule has 0 bridgehead atoms. The quantitative estimate of drug-likeness (QED) is 0.620. The van der Waals surface area contributed by atoms with Crippen LogP contribution in [-0.2, 0) is 4.79 Å². The molecule has 0 N–H and O–H groups in total. The normalized spacial score (nSPS) is 31.3. The standard InChI is InChI=1S/C11H21N3O/c1-12(2)8-11(15)14-6-9-4-13(3)5-10(9)7-14/h9-10H,4-8H2,1-3H3. The van der Waals surface area contributed by atoms with Crippen molar-refractivity contribution < 1.29 is 4.79 Å². The molecular weight excluding hydrogens is 190 g/mol. The highest BCUT2D eigenvalue weighted by Gasteiger charge is 2.40. The molecule has 86 valence electrons. The molecule has 2 saturated heterocycles. The molecule has 2 atom stereocenters. The minimum atomic E-state index is 0.289. The SMILES string of the molecule is CN(C)CC(=O)N1CC2CN(C)CC2C1. The molecule has 0 aromatic carbocycles. The summed E-state index contributed by atoms with van der Waals surface area (Å²) >= 11 is 0. The van der Waals surface area contributed by atoms with Gasteiger partial charge in [-0.3, -0.25) is 4.79 Å². The first-order chi connectivity index (χ1) is 7.06. The Morgan fingerprint density at radius 2 is 1.73 bits per heavy atom. The van der Waals surface area contributed by atoms with Gasteiger partial charge in [0.1, 0.15) is 0 Å². The summed E-state index contributed by atoms with van der Waals surface area (Å²) in [6.45, 7) is 4.82. The van der Waals surface area contributed by atoms with Crippen molar-refractivity contribution >= 4 is 5.91 Å². The first-order valence-corrected chi connectivity index (χ1v) is 5.67. The Morgan fingerprint density at radius 1 is 1.20 bits per heavy atom. The Kier molecular flexibility index (Phi) is 2.98. The molecular formula is C11H21N3O. The minimum Gasteiger partial charge on any atom is -0.341 e. The van der Waals surface area contributed by atoms with Crippen LogP contribution in [0.4, 0.5) is 0 Å². The van der Waals surface area contributed by atoms with E-state index in [1.165, 1.54) is 0 Å². The van der Waals surface area contributed by atoms with Crippen molar-refractivity contribution in [1.29, 1.82) is 0 Å². The molecule has 2 unspecified atom stereocenters. The van der Waals surface area contributed by atoms with Crippen LogP contribution in [0.5, 0.6) is 0 Å². The van der Waals surface area contributed by atoms with Gasteiger partial charge in [0.15, 0.2) is 0 Å². The zero-order chi connectivity index (χ0) is 11.0. The van der Waals surface area contributed by atoms with Crippen molar-refractivity contribution in [3.05, 3.63) is 0 Å². The molecule has 0 saturated carbocycles. The van der Waals surface area contributed by atoms with Crippen LogP contribution in [0.2, 0.25) is 0 Å². The van der Waals surface area contributed by atoms with Gasteiger partial charge in [0.25, 0.3) is 0 Å². The van der Waals surface area contributed by atoms with E-state index in [0.717, 1.165) is 38.0 Å². The summed E-state index contributed by atoms with van der Waals surface area (Å²) in [5, 5.41) is 0. The second kappa shape index (κ2) is 4.10. The fraction of sp³-hybridized carbons (Fsp3) is 0.909. The number of likely N-dealkylation sites (tertiary alicyclic amines) is 2. The molecule has 4 heteroatoms. The molecule has 0 radical (unpaired) electrons. The lowest BCUT2D eigenvalue weighted by Gasteiger charge is -2.21. The van der Waals surface area contributed by atoms with Crippen LogP contribution >= 0.6 is 0 Å². The number of carbonyl (C=O) groups is 1. The molecule has 2 aliphatic heterocycles. The zero-order valence-corrected chi connectivity index (χ0v) is 9.94. The molecule has 15 heavy (non-hydrogen) atoms. The van der Waals surface area contributed by atoms with Crippen LogP contribution in [0.15, 0.2) is 0 Å². The molecule has 4 nitrogen and oxygen atoms in total. The summed E-state index contributed by atoms with van der Waals surface area (Å²) in [6, 6.07) is 0. The molecule has 1 amide bonds. The van der Waals surface area contributed by atoms with E-state index in [-0.39, 0.29) is 5.91 Å². The highest BCUT2D eigenvalue weighted by atomic mass is 16.2. The van der Waals surface area contributed by atoms with Gasteiger partial charge in [-0.15, -0.1) is 0 Å². The number of likely N-dealkylation sites (N-methyl/N-ethyl adjacent to an activating group) is 1. The molecule has 2 aliphatic rings. The second-order valence-corrected chi connectivity index (χ2v) is 5.28. The first-order valence-electron chi connectivity index (χ1n) is 5.67. The van der Waals surface area contributed by atoms with Crippen molar-refractivity contribution in [2.24, 2.45) is 11.8 Å². The Hall–Kier alpha value is -0.610. The Morgan fingerprint density at radius 3 is 2.20 bits per heavy atom. The van der Waals surface area contributed by atoms with E-state index in [4.69, 9.17) is 0 Å². The number of amides is 1. The maximum Gasteiger partial charge on any atom is 0.236 e. The summed E-state index contributed by atoms with van der Waals surface area (Å²) < 4.78 is 0. The monoisotopic (exact) mass is 211 g/mol. The van der Waals surface area contributed by atoms with Gasteiger partial charge in [0.2, 0.25) is 5.91 Å². The largest absolute Gasteiger partial charge is 0.341 e. The fourth-order valence-electron chi connectivity index (χ4n) is 2.80. The lowest BCUT2D eigenvalue weighted by Crippen LogP contribution is -2.38. The lowest BCUT2D eigenvalue weighted by atomic mass is 10.0. The third kappa shape index (κ3) is 2.32. The number of fused-ring (bicyclic) bond motifs is 1. The fourth-order valence-corrected chi connectivity index (χ4v) is 2.80. The Balaban J connectivity index is 1.86. The van der Waals surface area contributed by atoms with Crippen molar-refractivity contribution in [2.75, 3.05) is 53.9 Å². The van der Waals surface area contributed by atoms with Gasteiger partial charge in [-0.25, -0.2) is 0 Å². The smallest absolute Gasteiger partial charge is 0.236 e. The van der Waals surface area contributed by atoms with Crippen molar-refractivity contribution in [1.82, 2.24) is 14.7 Å². The molecule has 2 fully saturated rings. The summed E-state index contributed by atoms with van der Waals surface area (Å²) in [6.07, 6.45) is 0. The predicted molar refractivity (Wildman–Crippen MR) is 59.6 cm³/mol. The van der Waals surface area contributed by atoms with Crippen LogP contribution in [0, 0.1) is 11.8 Å². The maximum atomic E-state index is 11.8. The summed E-state index contributed by atoms with van der Waals surface area (Å²) in [5.41, 5.74) is 0. The van der Waals surface area contributed by atoms with Gasteiger partial charge < -0.3 is 14.7 Å².